The van der Waals surface area contributed by atoms with Crippen molar-refractivity contribution in [1.29, 1.82) is 0 Å². The molecule has 1 aliphatic carbocycles. The molecule has 18 heavy (non-hydrogen) atoms. The van der Waals surface area contributed by atoms with Crippen molar-refractivity contribution in [2.45, 2.75) is 25.3 Å². The van der Waals surface area contributed by atoms with Crippen LogP contribution in [-0.4, -0.2) is 23.0 Å². The van der Waals surface area contributed by atoms with Crippen molar-refractivity contribution >= 4 is 27.8 Å². The van der Waals surface area contributed by atoms with Gasteiger partial charge in [0.1, 0.15) is 0 Å². The minimum atomic E-state index is -0.771. The van der Waals surface area contributed by atoms with Crippen LogP contribution in [0.25, 0.3) is 0 Å². The molecule has 96 valence electrons. The molecule has 1 aromatic carbocycles. The van der Waals surface area contributed by atoms with Crippen molar-refractivity contribution in [2.24, 2.45) is 5.92 Å². The number of hydrogen-bond acceptors (Lipinski definition) is 2. The van der Waals surface area contributed by atoms with Crippen LogP contribution in [0, 0.1) is 5.92 Å². The summed E-state index contributed by atoms with van der Waals surface area (Å²) in [6.45, 7) is 0. The van der Waals surface area contributed by atoms with E-state index in [0.29, 0.717) is 18.4 Å². The number of benzene rings is 1. The second-order valence-electron chi connectivity index (χ2n) is 4.50. The monoisotopic (exact) mass is 311 g/mol. The van der Waals surface area contributed by atoms with Crippen LogP contribution in [-0.2, 0) is 4.79 Å². The Morgan fingerprint density at radius 3 is 2.61 bits per heavy atom. The van der Waals surface area contributed by atoms with E-state index in [4.69, 9.17) is 5.11 Å². The number of carboxylic acids is 1. The summed E-state index contributed by atoms with van der Waals surface area (Å²) >= 11 is 3.33. The minimum absolute atomic E-state index is 0.0364. The predicted molar refractivity (Wildman–Crippen MR) is 70.4 cm³/mol. The molecule has 4 nitrogen and oxygen atoms in total. The lowest BCUT2D eigenvalue weighted by atomic mass is 10.1. The average molecular weight is 312 g/mol. The Morgan fingerprint density at radius 1 is 1.28 bits per heavy atom. The molecular formula is C13H14BrNO3. The van der Waals surface area contributed by atoms with Crippen molar-refractivity contribution in [3.05, 3.63) is 34.3 Å². The molecule has 1 aliphatic rings. The highest BCUT2D eigenvalue weighted by Crippen LogP contribution is 2.26. The van der Waals surface area contributed by atoms with E-state index in [-0.39, 0.29) is 17.9 Å². The summed E-state index contributed by atoms with van der Waals surface area (Å²) in [5.74, 6) is -1.25. The van der Waals surface area contributed by atoms with Gasteiger partial charge >= 0.3 is 5.97 Å². The van der Waals surface area contributed by atoms with Gasteiger partial charge in [-0.05, 0) is 47.3 Å². The number of aliphatic carboxylic acids is 1. The molecule has 1 fully saturated rings. The first-order valence-electron chi connectivity index (χ1n) is 5.86. The summed E-state index contributed by atoms with van der Waals surface area (Å²) in [4.78, 5) is 22.8. The highest BCUT2D eigenvalue weighted by atomic mass is 79.9. The van der Waals surface area contributed by atoms with Crippen LogP contribution in [0.15, 0.2) is 28.7 Å². The summed E-state index contributed by atoms with van der Waals surface area (Å²) in [6, 6.07) is 7.16. The van der Waals surface area contributed by atoms with E-state index < -0.39 is 5.97 Å². The molecule has 2 atom stereocenters. The predicted octanol–water partition coefficient (Wildman–Crippen LogP) is 2.43. The number of carbonyl (C=O) groups is 2. The molecule has 2 N–H and O–H groups in total. The van der Waals surface area contributed by atoms with E-state index in [1.165, 1.54) is 0 Å². The Kier molecular flexibility index (Phi) is 4.01. The quantitative estimate of drug-likeness (QED) is 0.901. The smallest absolute Gasteiger partial charge is 0.306 e. The normalized spacial score (nSPS) is 22.7. The summed E-state index contributed by atoms with van der Waals surface area (Å²) in [5.41, 5.74) is 0.580. The number of carboxylic acid groups (broad SMARTS) is 1. The van der Waals surface area contributed by atoms with Gasteiger partial charge in [-0.15, -0.1) is 0 Å². The zero-order valence-corrected chi connectivity index (χ0v) is 11.3. The maximum Gasteiger partial charge on any atom is 0.306 e. The van der Waals surface area contributed by atoms with E-state index in [1.54, 1.807) is 12.1 Å². The molecule has 2 rings (SSSR count). The van der Waals surface area contributed by atoms with Crippen LogP contribution >= 0.6 is 15.9 Å². The van der Waals surface area contributed by atoms with Gasteiger partial charge in [0.25, 0.3) is 5.91 Å². The van der Waals surface area contributed by atoms with E-state index in [1.807, 2.05) is 12.1 Å². The molecule has 0 aromatic heterocycles. The Hall–Kier alpha value is -1.36. The molecule has 0 bridgehead atoms. The van der Waals surface area contributed by atoms with Gasteiger partial charge in [-0.3, -0.25) is 9.59 Å². The Bertz CT molecular complexity index is 475. The minimum Gasteiger partial charge on any atom is -0.481 e. The summed E-state index contributed by atoms with van der Waals surface area (Å²) < 4.78 is 0.746. The van der Waals surface area contributed by atoms with Gasteiger partial charge in [0.15, 0.2) is 0 Å². The van der Waals surface area contributed by atoms with E-state index in [9.17, 15) is 9.59 Å². The molecule has 0 radical (unpaired) electrons. The van der Waals surface area contributed by atoms with Gasteiger partial charge in [-0.25, -0.2) is 0 Å². The summed E-state index contributed by atoms with van der Waals surface area (Å²) in [6.07, 6.45) is 1.88. The highest BCUT2D eigenvalue weighted by Gasteiger charge is 2.30. The second kappa shape index (κ2) is 5.52. The maximum absolute atomic E-state index is 12.0. The fourth-order valence-electron chi connectivity index (χ4n) is 2.25. The van der Waals surface area contributed by atoms with Crippen molar-refractivity contribution in [2.75, 3.05) is 0 Å². The van der Waals surface area contributed by atoms with E-state index >= 15 is 0 Å². The van der Waals surface area contributed by atoms with Crippen molar-refractivity contribution < 1.29 is 14.7 Å². The third kappa shape index (κ3) is 2.90. The van der Waals surface area contributed by atoms with Gasteiger partial charge in [-0.2, -0.15) is 0 Å². The lowest BCUT2D eigenvalue weighted by Gasteiger charge is -2.13. The molecule has 2 unspecified atom stereocenters. The number of amides is 1. The SMILES string of the molecule is O=C(NC1CCC(C(=O)O)C1)c1ccccc1Br. The Labute approximate surface area is 114 Å². The molecule has 0 aliphatic heterocycles. The molecule has 0 heterocycles. The molecule has 5 heteroatoms. The summed E-state index contributed by atoms with van der Waals surface area (Å²) in [7, 11) is 0. The molecule has 1 aromatic rings. The third-order valence-corrected chi connectivity index (χ3v) is 3.93. The van der Waals surface area contributed by atoms with Crippen LogP contribution in [0.1, 0.15) is 29.6 Å². The zero-order chi connectivity index (χ0) is 13.1. The number of halogens is 1. The van der Waals surface area contributed by atoms with Crippen LogP contribution in [0.3, 0.4) is 0 Å². The lowest BCUT2D eigenvalue weighted by Crippen LogP contribution is -2.33. The van der Waals surface area contributed by atoms with E-state index in [2.05, 4.69) is 21.2 Å². The number of carbonyl (C=O) groups excluding carboxylic acids is 1. The van der Waals surface area contributed by atoms with Crippen molar-refractivity contribution in [1.82, 2.24) is 5.32 Å². The first kappa shape index (κ1) is 13.1. The number of nitrogens with one attached hydrogen (secondary N) is 1. The van der Waals surface area contributed by atoms with Gasteiger partial charge in [0.2, 0.25) is 0 Å². The van der Waals surface area contributed by atoms with Gasteiger partial charge < -0.3 is 10.4 Å². The van der Waals surface area contributed by atoms with Gasteiger partial charge in [-0.1, -0.05) is 12.1 Å². The Morgan fingerprint density at radius 2 is 2.00 bits per heavy atom. The standard InChI is InChI=1S/C13H14BrNO3/c14-11-4-2-1-3-10(11)12(16)15-9-6-5-8(7-9)13(17)18/h1-4,8-9H,5-7H2,(H,15,16)(H,17,18). The van der Waals surface area contributed by atoms with Crippen LogP contribution in [0.5, 0.6) is 0 Å². The maximum atomic E-state index is 12.0. The average Bonchev–Trinajstić information content (AvgIpc) is 2.78. The van der Waals surface area contributed by atoms with Crippen molar-refractivity contribution in [3.8, 4) is 0 Å². The van der Waals surface area contributed by atoms with E-state index in [0.717, 1.165) is 10.9 Å². The number of hydrogen-bond donors (Lipinski definition) is 2. The fourth-order valence-corrected chi connectivity index (χ4v) is 2.71. The van der Waals surface area contributed by atoms with Crippen LogP contribution < -0.4 is 5.32 Å². The van der Waals surface area contributed by atoms with Crippen molar-refractivity contribution in [3.63, 3.8) is 0 Å². The molecule has 1 saturated carbocycles. The summed E-state index contributed by atoms with van der Waals surface area (Å²) in [5, 5.41) is 11.8. The fraction of sp³-hybridized carbons (Fsp3) is 0.385. The number of rotatable bonds is 3. The van der Waals surface area contributed by atoms with Gasteiger partial charge in [0.05, 0.1) is 11.5 Å². The topological polar surface area (TPSA) is 66.4 Å². The lowest BCUT2D eigenvalue weighted by molar-refractivity contribution is -0.141. The van der Waals surface area contributed by atoms with Crippen LogP contribution in [0.4, 0.5) is 0 Å². The van der Waals surface area contributed by atoms with Gasteiger partial charge in [0, 0.05) is 10.5 Å². The second-order valence-corrected chi connectivity index (χ2v) is 5.35. The molecule has 0 spiro atoms. The largest absolute Gasteiger partial charge is 0.481 e. The first-order chi connectivity index (χ1) is 8.58. The first-order valence-corrected chi connectivity index (χ1v) is 6.65. The molecule has 0 saturated heterocycles. The molecular weight excluding hydrogens is 298 g/mol. The third-order valence-electron chi connectivity index (χ3n) is 3.24. The Balaban J connectivity index is 1.97. The highest BCUT2D eigenvalue weighted by molar-refractivity contribution is 9.10. The van der Waals surface area contributed by atoms with Crippen LogP contribution in [0.2, 0.25) is 0 Å². The zero-order valence-electron chi connectivity index (χ0n) is 9.73. The molecule has 1 amide bonds.